The lowest BCUT2D eigenvalue weighted by Gasteiger charge is -2.17. The first-order valence-corrected chi connectivity index (χ1v) is 6.94. The quantitative estimate of drug-likeness (QED) is 0.656. The molecule has 0 aromatic carbocycles. The van der Waals surface area contributed by atoms with Crippen LogP contribution in [0, 0.1) is 11.8 Å². The molecule has 0 bridgehead atoms. The molecule has 0 aliphatic heterocycles. The average Bonchev–Trinajstić information content (AvgIpc) is 2.78. The van der Waals surface area contributed by atoms with Gasteiger partial charge in [0.1, 0.15) is 6.33 Å². The van der Waals surface area contributed by atoms with Gasteiger partial charge in [-0.3, -0.25) is 9.48 Å². The fourth-order valence-electron chi connectivity index (χ4n) is 2.08. The lowest BCUT2D eigenvalue weighted by atomic mass is 9.94. The second-order valence-electron chi connectivity index (χ2n) is 5.49. The van der Waals surface area contributed by atoms with Crippen molar-refractivity contribution in [3.8, 4) is 0 Å². The average molecular weight is 297 g/mol. The minimum absolute atomic E-state index is 0.0558. The summed E-state index contributed by atoms with van der Waals surface area (Å²) in [5.41, 5.74) is 0. The monoisotopic (exact) mass is 297 g/mol. The molecule has 1 atom stereocenters. The van der Waals surface area contributed by atoms with Crippen molar-refractivity contribution in [1.82, 2.24) is 25.4 Å². The number of carbonyl (C=O) groups excluding carboxylic acids is 1. The topological polar surface area (TPSA) is 109 Å². The second-order valence-corrected chi connectivity index (χ2v) is 5.49. The molecule has 8 heteroatoms. The summed E-state index contributed by atoms with van der Waals surface area (Å²) in [6.07, 6.45) is 2.37. The minimum Gasteiger partial charge on any atom is -0.481 e. The van der Waals surface area contributed by atoms with Gasteiger partial charge in [-0.1, -0.05) is 13.8 Å². The maximum Gasteiger partial charge on any atom is 0.315 e. The number of urea groups is 1. The Bertz CT molecular complexity index is 472. The Morgan fingerprint density at radius 3 is 2.62 bits per heavy atom. The summed E-state index contributed by atoms with van der Waals surface area (Å²) in [7, 11) is 1.75. The molecule has 1 rings (SSSR count). The third-order valence-electron chi connectivity index (χ3n) is 2.87. The maximum atomic E-state index is 11.7. The molecule has 118 valence electrons. The molecular weight excluding hydrogens is 274 g/mol. The van der Waals surface area contributed by atoms with Gasteiger partial charge in [0.2, 0.25) is 0 Å². The number of nitrogens with one attached hydrogen (secondary N) is 2. The molecule has 3 N–H and O–H groups in total. The van der Waals surface area contributed by atoms with Crippen molar-refractivity contribution >= 4 is 12.0 Å². The fraction of sp³-hybridized carbons (Fsp3) is 0.692. The van der Waals surface area contributed by atoms with E-state index in [9.17, 15) is 9.59 Å². The van der Waals surface area contributed by atoms with Crippen LogP contribution in [0.25, 0.3) is 0 Å². The zero-order chi connectivity index (χ0) is 15.8. The lowest BCUT2D eigenvalue weighted by molar-refractivity contribution is -0.138. The van der Waals surface area contributed by atoms with Crippen molar-refractivity contribution in [2.24, 2.45) is 18.9 Å². The lowest BCUT2D eigenvalue weighted by Crippen LogP contribution is -2.38. The van der Waals surface area contributed by atoms with E-state index >= 15 is 0 Å². The Labute approximate surface area is 123 Å². The molecule has 1 aromatic rings. The Balaban J connectivity index is 2.33. The van der Waals surface area contributed by atoms with Crippen LogP contribution in [0.2, 0.25) is 0 Å². The predicted molar refractivity (Wildman–Crippen MR) is 76.4 cm³/mol. The Morgan fingerprint density at radius 2 is 2.10 bits per heavy atom. The van der Waals surface area contributed by atoms with E-state index in [0.717, 1.165) is 6.42 Å². The van der Waals surface area contributed by atoms with Crippen molar-refractivity contribution in [3.05, 3.63) is 12.2 Å². The smallest absolute Gasteiger partial charge is 0.315 e. The van der Waals surface area contributed by atoms with Gasteiger partial charge in [-0.05, 0) is 18.3 Å². The first-order valence-electron chi connectivity index (χ1n) is 6.94. The van der Waals surface area contributed by atoms with Crippen LogP contribution in [0.1, 0.15) is 32.5 Å². The third-order valence-corrected chi connectivity index (χ3v) is 2.87. The molecule has 8 nitrogen and oxygen atoms in total. The molecule has 0 radical (unpaired) electrons. The van der Waals surface area contributed by atoms with E-state index in [2.05, 4.69) is 20.7 Å². The number of aryl methyl sites for hydroxylation is 1. The molecule has 1 unspecified atom stereocenters. The number of hydrogen-bond donors (Lipinski definition) is 3. The van der Waals surface area contributed by atoms with E-state index in [4.69, 9.17) is 5.11 Å². The molecule has 1 aromatic heterocycles. The van der Waals surface area contributed by atoms with Gasteiger partial charge in [0.25, 0.3) is 0 Å². The van der Waals surface area contributed by atoms with Crippen LogP contribution in [0.4, 0.5) is 4.79 Å². The van der Waals surface area contributed by atoms with Gasteiger partial charge in [0, 0.05) is 20.0 Å². The third kappa shape index (κ3) is 7.28. The fourth-order valence-corrected chi connectivity index (χ4v) is 2.08. The van der Waals surface area contributed by atoms with Crippen molar-refractivity contribution in [3.63, 3.8) is 0 Å². The summed E-state index contributed by atoms with van der Waals surface area (Å²) in [6, 6.07) is -0.346. The van der Waals surface area contributed by atoms with Crippen LogP contribution in [0.5, 0.6) is 0 Å². The summed E-state index contributed by atoms with van der Waals surface area (Å²) in [5, 5.41) is 18.2. The summed E-state index contributed by atoms with van der Waals surface area (Å²) in [6.45, 7) is 4.63. The summed E-state index contributed by atoms with van der Waals surface area (Å²) in [5.74, 6) is -0.00406. The molecule has 0 saturated carbocycles. The maximum absolute atomic E-state index is 11.7. The Morgan fingerprint density at radius 1 is 1.38 bits per heavy atom. The van der Waals surface area contributed by atoms with E-state index in [0.29, 0.717) is 18.3 Å². The van der Waals surface area contributed by atoms with Crippen molar-refractivity contribution in [2.45, 2.75) is 33.2 Å². The van der Waals surface area contributed by atoms with E-state index in [1.54, 1.807) is 18.1 Å². The van der Waals surface area contributed by atoms with E-state index < -0.39 is 5.97 Å². The first kappa shape index (κ1) is 16.9. The van der Waals surface area contributed by atoms with Crippen LogP contribution in [-0.2, 0) is 18.4 Å². The summed E-state index contributed by atoms with van der Waals surface area (Å²) in [4.78, 5) is 26.5. The molecule has 2 amide bonds. The number of carboxylic acid groups (broad SMARTS) is 1. The van der Waals surface area contributed by atoms with Gasteiger partial charge in [-0.25, -0.2) is 9.78 Å². The van der Waals surface area contributed by atoms with Gasteiger partial charge in [-0.2, -0.15) is 5.10 Å². The minimum atomic E-state index is -0.847. The zero-order valence-electron chi connectivity index (χ0n) is 12.7. The molecule has 0 fully saturated rings. The number of hydrogen-bond acceptors (Lipinski definition) is 4. The van der Waals surface area contributed by atoms with Gasteiger partial charge in [0.05, 0.1) is 6.54 Å². The molecule has 0 spiro atoms. The van der Waals surface area contributed by atoms with Gasteiger partial charge in [-0.15, -0.1) is 0 Å². The SMILES string of the molecule is CC(C)CC(CNC(=O)NCc1ncn(C)n1)CC(=O)O. The van der Waals surface area contributed by atoms with Crippen molar-refractivity contribution in [1.29, 1.82) is 0 Å². The van der Waals surface area contributed by atoms with Gasteiger partial charge in [0.15, 0.2) is 5.82 Å². The van der Waals surface area contributed by atoms with Crippen LogP contribution >= 0.6 is 0 Å². The number of aliphatic carboxylic acids is 1. The summed E-state index contributed by atoms with van der Waals surface area (Å²) >= 11 is 0. The highest BCUT2D eigenvalue weighted by molar-refractivity contribution is 5.73. The Kier molecular flexibility index (Phi) is 6.64. The van der Waals surface area contributed by atoms with E-state index in [-0.39, 0.29) is 24.9 Å². The van der Waals surface area contributed by atoms with Crippen LogP contribution < -0.4 is 10.6 Å². The first-order chi connectivity index (χ1) is 9.86. The molecule has 21 heavy (non-hydrogen) atoms. The standard InChI is InChI=1S/C13H23N5O3/c1-9(2)4-10(5-12(19)20)6-14-13(21)15-7-11-16-8-18(3)17-11/h8-10H,4-7H2,1-3H3,(H,19,20)(H2,14,15,21). The zero-order valence-corrected chi connectivity index (χ0v) is 12.7. The number of amides is 2. The predicted octanol–water partition coefficient (Wildman–Crippen LogP) is 0.751. The van der Waals surface area contributed by atoms with Crippen LogP contribution in [0.15, 0.2) is 6.33 Å². The normalized spacial score (nSPS) is 12.2. The highest BCUT2D eigenvalue weighted by Crippen LogP contribution is 2.14. The summed E-state index contributed by atoms with van der Waals surface area (Å²) < 4.78 is 1.56. The highest BCUT2D eigenvalue weighted by Gasteiger charge is 2.16. The van der Waals surface area contributed by atoms with Crippen LogP contribution in [-0.4, -0.2) is 38.4 Å². The van der Waals surface area contributed by atoms with Crippen molar-refractivity contribution in [2.75, 3.05) is 6.54 Å². The molecule has 0 aliphatic rings. The second kappa shape index (κ2) is 8.23. The largest absolute Gasteiger partial charge is 0.481 e. The van der Waals surface area contributed by atoms with Gasteiger partial charge >= 0.3 is 12.0 Å². The number of rotatable bonds is 8. The van der Waals surface area contributed by atoms with Crippen LogP contribution in [0.3, 0.4) is 0 Å². The van der Waals surface area contributed by atoms with E-state index in [1.165, 1.54) is 0 Å². The number of aromatic nitrogens is 3. The van der Waals surface area contributed by atoms with Crippen molar-refractivity contribution < 1.29 is 14.7 Å². The van der Waals surface area contributed by atoms with E-state index in [1.807, 2.05) is 13.8 Å². The highest BCUT2D eigenvalue weighted by atomic mass is 16.4. The number of carboxylic acids is 1. The van der Waals surface area contributed by atoms with Gasteiger partial charge < -0.3 is 15.7 Å². The molecule has 0 aliphatic carbocycles. The number of nitrogens with zero attached hydrogens (tertiary/aromatic N) is 3. The molecule has 0 saturated heterocycles. The Hall–Kier alpha value is -2.12. The number of carbonyl (C=O) groups is 2. The molecular formula is C13H23N5O3. The molecule has 1 heterocycles.